The number of hydrogen-bond donors (Lipinski definition) is 1. The molecule has 0 bridgehead atoms. The molecule has 1 aromatic carbocycles. The van der Waals surface area contributed by atoms with Crippen molar-refractivity contribution >= 4 is 5.91 Å². The maximum absolute atomic E-state index is 13.8. The van der Waals surface area contributed by atoms with Crippen molar-refractivity contribution in [2.24, 2.45) is 0 Å². The van der Waals surface area contributed by atoms with Gasteiger partial charge in [0.2, 0.25) is 5.91 Å². The zero-order valence-corrected chi connectivity index (χ0v) is 11.6. The van der Waals surface area contributed by atoms with E-state index in [2.05, 4.69) is 10.3 Å². The first-order chi connectivity index (χ1) is 9.49. The Labute approximate surface area is 117 Å². The fourth-order valence-electron chi connectivity index (χ4n) is 2.11. The summed E-state index contributed by atoms with van der Waals surface area (Å²) >= 11 is 0. The minimum Gasteiger partial charge on any atom is -0.347 e. The molecule has 4 heteroatoms. The minimum absolute atomic E-state index is 0.149. The molecule has 2 rings (SSSR count). The zero-order valence-electron chi connectivity index (χ0n) is 11.6. The molecule has 0 aliphatic heterocycles. The highest BCUT2D eigenvalue weighted by Crippen LogP contribution is 2.22. The average molecular weight is 272 g/mol. The van der Waals surface area contributed by atoms with Crippen LogP contribution in [0.3, 0.4) is 0 Å². The molecule has 0 radical (unpaired) electrons. The largest absolute Gasteiger partial charge is 0.347 e. The maximum Gasteiger partial charge on any atom is 0.225 e. The van der Waals surface area contributed by atoms with Crippen molar-refractivity contribution in [3.05, 3.63) is 65.7 Å². The van der Waals surface area contributed by atoms with Crippen LogP contribution >= 0.6 is 0 Å². The van der Waals surface area contributed by atoms with Crippen LogP contribution in [0.15, 0.2) is 48.8 Å². The number of benzene rings is 1. The van der Waals surface area contributed by atoms with Gasteiger partial charge in [-0.25, -0.2) is 4.39 Å². The minimum atomic E-state index is -0.755. The van der Waals surface area contributed by atoms with Crippen molar-refractivity contribution in [1.29, 1.82) is 0 Å². The summed E-state index contributed by atoms with van der Waals surface area (Å²) in [6, 6.07) is 10.0. The van der Waals surface area contributed by atoms with Gasteiger partial charge in [-0.3, -0.25) is 9.78 Å². The molecule has 20 heavy (non-hydrogen) atoms. The number of halogens is 1. The summed E-state index contributed by atoms with van der Waals surface area (Å²) in [4.78, 5) is 16.0. The third-order valence-corrected chi connectivity index (χ3v) is 3.11. The Hall–Kier alpha value is -2.23. The molecule has 0 atom stereocenters. The van der Waals surface area contributed by atoms with Gasteiger partial charge in [-0.15, -0.1) is 0 Å². The molecule has 0 aliphatic rings. The van der Waals surface area contributed by atoms with Crippen LogP contribution in [-0.2, 0) is 16.8 Å². The van der Waals surface area contributed by atoms with E-state index in [9.17, 15) is 9.18 Å². The molecule has 3 nitrogen and oxygen atoms in total. The Balaban J connectivity index is 2.09. The normalized spacial score (nSPS) is 11.2. The van der Waals surface area contributed by atoms with Gasteiger partial charge in [-0.05, 0) is 37.6 Å². The van der Waals surface area contributed by atoms with Crippen LogP contribution in [-0.4, -0.2) is 10.9 Å². The number of carbonyl (C=O) groups excluding carboxylic acids is 1. The number of hydrogen-bond acceptors (Lipinski definition) is 2. The van der Waals surface area contributed by atoms with Gasteiger partial charge in [0.25, 0.3) is 0 Å². The molecule has 1 heterocycles. The van der Waals surface area contributed by atoms with Crippen LogP contribution < -0.4 is 5.32 Å². The predicted molar refractivity (Wildman–Crippen MR) is 75.5 cm³/mol. The van der Waals surface area contributed by atoms with E-state index in [0.717, 1.165) is 5.56 Å². The molecule has 0 saturated heterocycles. The fraction of sp³-hybridized carbons (Fsp3) is 0.250. The van der Waals surface area contributed by atoms with Gasteiger partial charge in [-0.1, -0.05) is 18.2 Å². The van der Waals surface area contributed by atoms with Crippen LogP contribution in [0.4, 0.5) is 4.39 Å². The number of carbonyl (C=O) groups is 1. The lowest BCUT2D eigenvalue weighted by atomic mass is 9.93. The summed E-state index contributed by atoms with van der Waals surface area (Å²) in [5, 5.41) is 2.86. The highest BCUT2D eigenvalue weighted by Gasteiger charge is 2.25. The van der Waals surface area contributed by atoms with Crippen LogP contribution in [0.5, 0.6) is 0 Å². The van der Waals surface area contributed by atoms with E-state index in [1.54, 1.807) is 56.6 Å². The van der Waals surface area contributed by atoms with Crippen LogP contribution in [0.25, 0.3) is 0 Å². The van der Waals surface area contributed by atoms with Gasteiger partial charge in [0.05, 0.1) is 12.0 Å². The first-order valence-electron chi connectivity index (χ1n) is 6.44. The number of pyridine rings is 1. The number of nitrogens with zero attached hydrogens (tertiary/aromatic N) is 1. The van der Waals surface area contributed by atoms with Crippen molar-refractivity contribution in [2.45, 2.75) is 25.8 Å². The maximum atomic E-state index is 13.8. The predicted octanol–water partition coefficient (Wildman–Crippen LogP) is 2.81. The van der Waals surface area contributed by atoms with Gasteiger partial charge in [-0.2, -0.15) is 0 Å². The van der Waals surface area contributed by atoms with Crippen molar-refractivity contribution < 1.29 is 9.18 Å². The summed E-state index contributed by atoms with van der Waals surface area (Å²) in [5.41, 5.74) is 0.597. The summed E-state index contributed by atoms with van der Waals surface area (Å²) in [6.07, 6.45) is 3.54. The Morgan fingerprint density at radius 1 is 1.20 bits per heavy atom. The molecule has 1 aromatic heterocycles. The van der Waals surface area contributed by atoms with E-state index < -0.39 is 5.54 Å². The quantitative estimate of drug-likeness (QED) is 0.930. The molecule has 2 aromatic rings. The van der Waals surface area contributed by atoms with Crippen LogP contribution in [0.1, 0.15) is 25.0 Å². The number of aromatic nitrogens is 1. The van der Waals surface area contributed by atoms with E-state index in [-0.39, 0.29) is 18.1 Å². The second-order valence-corrected chi connectivity index (χ2v) is 5.19. The standard InChI is InChI=1S/C16H17FN2O/c1-16(2,13-5-3-4-6-14(13)17)19-15(20)11-12-7-9-18-10-8-12/h3-10H,11H2,1-2H3,(H,19,20). The number of amides is 1. The summed E-state index contributed by atoms with van der Waals surface area (Å²) in [5.74, 6) is -0.467. The SMILES string of the molecule is CC(C)(NC(=O)Cc1ccncc1)c1ccccc1F. The lowest BCUT2D eigenvalue weighted by molar-refractivity contribution is -0.122. The molecule has 1 amide bonds. The van der Waals surface area contributed by atoms with Gasteiger partial charge >= 0.3 is 0 Å². The summed E-state index contributed by atoms with van der Waals surface area (Å²) in [7, 11) is 0. The zero-order chi connectivity index (χ0) is 14.6. The molecule has 1 N–H and O–H groups in total. The van der Waals surface area contributed by atoms with Crippen molar-refractivity contribution in [3.63, 3.8) is 0 Å². The van der Waals surface area contributed by atoms with E-state index in [0.29, 0.717) is 5.56 Å². The van der Waals surface area contributed by atoms with E-state index in [1.165, 1.54) is 6.07 Å². The summed E-state index contributed by atoms with van der Waals surface area (Å²) < 4.78 is 13.8. The highest BCUT2D eigenvalue weighted by atomic mass is 19.1. The molecule has 0 spiro atoms. The molecular formula is C16H17FN2O. The Kier molecular flexibility index (Phi) is 4.13. The molecule has 0 unspecified atom stereocenters. The molecule has 0 saturated carbocycles. The fourth-order valence-corrected chi connectivity index (χ4v) is 2.11. The van der Waals surface area contributed by atoms with Gasteiger partial charge in [0.15, 0.2) is 0 Å². The lowest BCUT2D eigenvalue weighted by Crippen LogP contribution is -2.42. The monoisotopic (exact) mass is 272 g/mol. The van der Waals surface area contributed by atoms with E-state index in [1.807, 2.05) is 0 Å². The van der Waals surface area contributed by atoms with Crippen molar-refractivity contribution in [3.8, 4) is 0 Å². The van der Waals surface area contributed by atoms with Crippen LogP contribution in [0.2, 0.25) is 0 Å². The Bertz CT molecular complexity index is 596. The molecule has 0 fully saturated rings. The van der Waals surface area contributed by atoms with Gasteiger partial charge in [0, 0.05) is 18.0 Å². The average Bonchev–Trinajstić information content (AvgIpc) is 2.39. The number of nitrogens with one attached hydrogen (secondary N) is 1. The van der Waals surface area contributed by atoms with Crippen molar-refractivity contribution in [1.82, 2.24) is 10.3 Å². The van der Waals surface area contributed by atoms with Crippen molar-refractivity contribution in [2.75, 3.05) is 0 Å². The highest BCUT2D eigenvalue weighted by molar-refractivity contribution is 5.79. The van der Waals surface area contributed by atoms with E-state index in [4.69, 9.17) is 0 Å². The Morgan fingerprint density at radius 2 is 1.85 bits per heavy atom. The molecule has 0 aliphatic carbocycles. The lowest BCUT2D eigenvalue weighted by Gasteiger charge is -2.27. The Morgan fingerprint density at radius 3 is 2.50 bits per heavy atom. The number of rotatable bonds is 4. The van der Waals surface area contributed by atoms with E-state index >= 15 is 0 Å². The first kappa shape index (κ1) is 14.2. The smallest absolute Gasteiger partial charge is 0.225 e. The topological polar surface area (TPSA) is 42.0 Å². The first-order valence-corrected chi connectivity index (χ1v) is 6.44. The second-order valence-electron chi connectivity index (χ2n) is 5.19. The third-order valence-electron chi connectivity index (χ3n) is 3.11. The third kappa shape index (κ3) is 3.41. The molecular weight excluding hydrogens is 255 g/mol. The summed E-state index contributed by atoms with van der Waals surface area (Å²) in [6.45, 7) is 3.58. The van der Waals surface area contributed by atoms with Gasteiger partial charge in [0.1, 0.15) is 5.82 Å². The second kappa shape index (κ2) is 5.82. The van der Waals surface area contributed by atoms with Gasteiger partial charge < -0.3 is 5.32 Å². The van der Waals surface area contributed by atoms with Crippen LogP contribution in [0, 0.1) is 5.82 Å². The molecule has 104 valence electrons.